The molecule has 0 aliphatic rings. The van der Waals surface area contributed by atoms with Crippen LogP contribution in [0.5, 0.6) is 5.88 Å². The molecule has 0 radical (unpaired) electrons. The van der Waals surface area contributed by atoms with Crippen LogP contribution in [0.4, 0.5) is 0 Å². The number of ether oxygens (including phenoxy) is 1. The predicted molar refractivity (Wildman–Crippen MR) is 94.9 cm³/mol. The molecule has 0 atom stereocenters. The molecule has 2 aromatic heterocycles. The zero-order chi connectivity index (χ0) is 17.6. The minimum atomic E-state index is -0.175. The van der Waals surface area contributed by atoms with Crippen molar-refractivity contribution in [3.8, 4) is 11.6 Å². The molecular weight excluding hydrogens is 316 g/mol. The quantitative estimate of drug-likeness (QED) is 0.751. The molecule has 3 aromatic rings. The monoisotopic (exact) mass is 336 g/mol. The van der Waals surface area contributed by atoms with Gasteiger partial charge in [-0.1, -0.05) is 24.3 Å². The zero-order valence-electron chi connectivity index (χ0n) is 14.3. The van der Waals surface area contributed by atoms with Gasteiger partial charge >= 0.3 is 0 Å². The Balaban J connectivity index is 1.74. The van der Waals surface area contributed by atoms with Gasteiger partial charge in [0, 0.05) is 18.3 Å². The van der Waals surface area contributed by atoms with Crippen molar-refractivity contribution < 1.29 is 9.53 Å². The number of para-hydroxylation sites is 1. The Morgan fingerprint density at radius 2 is 2.00 bits per heavy atom. The van der Waals surface area contributed by atoms with Crippen LogP contribution in [0.15, 0.2) is 54.9 Å². The summed E-state index contributed by atoms with van der Waals surface area (Å²) in [5.74, 6) is 0.369. The zero-order valence-corrected chi connectivity index (χ0v) is 14.3. The minimum Gasteiger partial charge on any atom is -0.478 e. The summed E-state index contributed by atoms with van der Waals surface area (Å²) in [6.45, 7) is 4.65. The van der Waals surface area contributed by atoms with Gasteiger partial charge in [-0.2, -0.15) is 5.10 Å². The number of nitrogens with zero attached hydrogens (tertiary/aromatic N) is 3. The Kier molecular flexibility index (Phi) is 5.09. The molecule has 0 spiro atoms. The van der Waals surface area contributed by atoms with Crippen molar-refractivity contribution in [1.29, 1.82) is 0 Å². The third-order valence-electron chi connectivity index (χ3n) is 3.83. The van der Waals surface area contributed by atoms with Gasteiger partial charge in [-0.3, -0.25) is 4.79 Å². The highest BCUT2D eigenvalue weighted by Crippen LogP contribution is 2.16. The molecule has 1 aromatic carbocycles. The number of pyridine rings is 1. The van der Waals surface area contributed by atoms with E-state index in [-0.39, 0.29) is 5.91 Å². The van der Waals surface area contributed by atoms with E-state index in [1.54, 1.807) is 17.1 Å². The number of carbonyl (C=O) groups is 1. The largest absolute Gasteiger partial charge is 0.478 e. The number of benzene rings is 1. The van der Waals surface area contributed by atoms with Crippen molar-refractivity contribution in [3.05, 3.63) is 71.7 Å². The molecule has 0 saturated carbocycles. The smallest absolute Gasteiger partial charge is 0.255 e. The second-order valence-corrected chi connectivity index (χ2v) is 5.47. The lowest BCUT2D eigenvalue weighted by Crippen LogP contribution is -2.23. The van der Waals surface area contributed by atoms with Crippen molar-refractivity contribution in [2.24, 2.45) is 0 Å². The molecule has 2 heterocycles. The highest BCUT2D eigenvalue weighted by molar-refractivity contribution is 5.95. The summed E-state index contributed by atoms with van der Waals surface area (Å²) in [5, 5.41) is 7.24. The number of hydrogen-bond donors (Lipinski definition) is 1. The minimum absolute atomic E-state index is 0.175. The van der Waals surface area contributed by atoms with E-state index in [9.17, 15) is 4.79 Å². The average molecular weight is 336 g/mol. The maximum atomic E-state index is 12.5. The SMILES string of the molecule is CCOc1ncccc1CNC(=O)c1cnn(-c2ccccc2)c1C. The summed E-state index contributed by atoms with van der Waals surface area (Å²) in [4.78, 5) is 16.7. The van der Waals surface area contributed by atoms with Gasteiger partial charge in [0.25, 0.3) is 5.91 Å². The van der Waals surface area contributed by atoms with Crippen LogP contribution < -0.4 is 10.1 Å². The van der Waals surface area contributed by atoms with E-state index in [1.165, 1.54) is 0 Å². The van der Waals surface area contributed by atoms with Crippen LogP contribution in [0.25, 0.3) is 5.69 Å². The Morgan fingerprint density at radius 3 is 2.76 bits per heavy atom. The Morgan fingerprint density at radius 1 is 1.20 bits per heavy atom. The van der Waals surface area contributed by atoms with Crippen molar-refractivity contribution in [1.82, 2.24) is 20.1 Å². The summed E-state index contributed by atoms with van der Waals surface area (Å²) in [6.07, 6.45) is 3.26. The number of hydrogen-bond acceptors (Lipinski definition) is 4. The summed E-state index contributed by atoms with van der Waals surface area (Å²) in [7, 11) is 0. The molecule has 0 unspecified atom stereocenters. The summed E-state index contributed by atoms with van der Waals surface area (Å²) < 4.78 is 7.24. The van der Waals surface area contributed by atoms with Gasteiger partial charge in [-0.15, -0.1) is 0 Å². The van der Waals surface area contributed by atoms with Gasteiger partial charge in [-0.25, -0.2) is 9.67 Å². The van der Waals surface area contributed by atoms with E-state index in [0.29, 0.717) is 24.6 Å². The van der Waals surface area contributed by atoms with E-state index in [2.05, 4.69) is 15.4 Å². The maximum absolute atomic E-state index is 12.5. The third kappa shape index (κ3) is 3.68. The number of rotatable bonds is 6. The number of nitrogens with one attached hydrogen (secondary N) is 1. The second-order valence-electron chi connectivity index (χ2n) is 5.47. The van der Waals surface area contributed by atoms with Crippen LogP contribution in [0, 0.1) is 6.92 Å². The molecule has 3 rings (SSSR count). The fourth-order valence-electron chi connectivity index (χ4n) is 2.56. The lowest BCUT2D eigenvalue weighted by molar-refractivity contribution is 0.0950. The topological polar surface area (TPSA) is 69.0 Å². The van der Waals surface area contributed by atoms with Crippen LogP contribution in [0.3, 0.4) is 0 Å². The summed E-state index contributed by atoms with van der Waals surface area (Å²) in [5.41, 5.74) is 3.10. The highest BCUT2D eigenvalue weighted by Gasteiger charge is 2.15. The van der Waals surface area contributed by atoms with Crippen LogP contribution >= 0.6 is 0 Å². The van der Waals surface area contributed by atoms with Crippen molar-refractivity contribution in [2.75, 3.05) is 6.61 Å². The van der Waals surface area contributed by atoms with Crippen molar-refractivity contribution in [3.63, 3.8) is 0 Å². The number of amides is 1. The highest BCUT2D eigenvalue weighted by atomic mass is 16.5. The molecule has 0 aliphatic heterocycles. The third-order valence-corrected chi connectivity index (χ3v) is 3.83. The molecule has 25 heavy (non-hydrogen) atoms. The van der Waals surface area contributed by atoms with Gasteiger partial charge < -0.3 is 10.1 Å². The Bertz CT molecular complexity index is 859. The van der Waals surface area contributed by atoms with E-state index in [1.807, 2.05) is 56.3 Å². The first-order valence-corrected chi connectivity index (χ1v) is 8.15. The molecule has 128 valence electrons. The molecule has 1 N–H and O–H groups in total. The van der Waals surface area contributed by atoms with E-state index < -0.39 is 0 Å². The molecule has 0 saturated heterocycles. The number of carbonyl (C=O) groups excluding carboxylic acids is 1. The van der Waals surface area contributed by atoms with Crippen LogP contribution in [0.1, 0.15) is 28.5 Å². The molecule has 0 fully saturated rings. The van der Waals surface area contributed by atoms with Gasteiger partial charge in [0.15, 0.2) is 0 Å². The molecule has 6 heteroatoms. The first kappa shape index (κ1) is 16.7. The van der Waals surface area contributed by atoms with E-state index in [4.69, 9.17) is 4.74 Å². The molecule has 1 amide bonds. The first-order valence-electron chi connectivity index (χ1n) is 8.15. The van der Waals surface area contributed by atoms with E-state index in [0.717, 1.165) is 16.9 Å². The second kappa shape index (κ2) is 7.61. The summed E-state index contributed by atoms with van der Waals surface area (Å²) >= 11 is 0. The normalized spacial score (nSPS) is 10.5. The lowest BCUT2D eigenvalue weighted by atomic mass is 10.2. The number of aromatic nitrogens is 3. The standard InChI is InChI=1S/C19H20N4O2/c1-3-25-19-15(8-7-11-20-19)12-21-18(24)17-13-22-23(14(17)2)16-9-5-4-6-10-16/h4-11,13H,3,12H2,1-2H3,(H,21,24). The van der Waals surface area contributed by atoms with Crippen LogP contribution in [0.2, 0.25) is 0 Å². The predicted octanol–water partition coefficient (Wildman–Crippen LogP) is 2.90. The van der Waals surface area contributed by atoms with Crippen LogP contribution in [-0.2, 0) is 6.54 Å². The average Bonchev–Trinajstić information content (AvgIpc) is 3.03. The molecule has 6 nitrogen and oxygen atoms in total. The fraction of sp³-hybridized carbons (Fsp3) is 0.211. The van der Waals surface area contributed by atoms with Crippen LogP contribution in [-0.4, -0.2) is 27.3 Å². The molecule has 0 bridgehead atoms. The van der Waals surface area contributed by atoms with Gasteiger partial charge in [0.05, 0.1) is 29.7 Å². The van der Waals surface area contributed by atoms with Gasteiger partial charge in [-0.05, 0) is 32.0 Å². The van der Waals surface area contributed by atoms with E-state index >= 15 is 0 Å². The van der Waals surface area contributed by atoms with Gasteiger partial charge in [0.1, 0.15) is 0 Å². The first-order chi connectivity index (χ1) is 12.2. The Labute approximate surface area is 146 Å². The van der Waals surface area contributed by atoms with Gasteiger partial charge in [0.2, 0.25) is 5.88 Å². The van der Waals surface area contributed by atoms with Crippen molar-refractivity contribution >= 4 is 5.91 Å². The van der Waals surface area contributed by atoms with Crippen molar-refractivity contribution in [2.45, 2.75) is 20.4 Å². The summed E-state index contributed by atoms with van der Waals surface area (Å²) in [6, 6.07) is 13.4. The fourth-order valence-corrected chi connectivity index (χ4v) is 2.56. The molecular formula is C19H20N4O2. The maximum Gasteiger partial charge on any atom is 0.255 e. The lowest BCUT2D eigenvalue weighted by Gasteiger charge is -2.10. The Hall–Kier alpha value is -3.15. The molecule has 0 aliphatic carbocycles.